The minimum absolute atomic E-state index is 0.00195. The Kier molecular flexibility index (Phi) is 9.01. The number of aliphatic hydroxyl groups is 1. The lowest BCUT2D eigenvalue weighted by atomic mass is 9.82. The van der Waals surface area contributed by atoms with Crippen LogP contribution >= 0.6 is 11.3 Å². The summed E-state index contributed by atoms with van der Waals surface area (Å²) in [7, 11) is -4.06. The Labute approximate surface area is 261 Å². The highest BCUT2D eigenvalue weighted by molar-refractivity contribution is 7.89. The van der Waals surface area contributed by atoms with Crippen molar-refractivity contribution in [2.45, 2.75) is 49.1 Å². The lowest BCUT2D eigenvalue weighted by molar-refractivity contribution is -0.121. The van der Waals surface area contributed by atoms with Gasteiger partial charge in [-0.2, -0.15) is 4.31 Å². The van der Waals surface area contributed by atoms with E-state index >= 15 is 0 Å². The zero-order valence-electron chi connectivity index (χ0n) is 24.3. The highest BCUT2D eigenvalue weighted by Crippen LogP contribution is 2.42. The van der Waals surface area contributed by atoms with Gasteiger partial charge in [0, 0.05) is 43.3 Å². The molecule has 0 spiro atoms. The Morgan fingerprint density at radius 1 is 1.07 bits per heavy atom. The number of amides is 1. The van der Waals surface area contributed by atoms with Crippen LogP contribution in [0.5, 0.6) is 0 Å². The molecule has 0 unspecified atom stereocenters. The highest BCUT2D eigenvalue weighted by Gasteiger charge is 2.44. The second-order valence-corrected chi connectivity index (χ2v) is 14.6. The fourth-order valence-corrected chi connectivity index (χ4v) is 8.96. The Morgan fingerprint density at radius 2 is 1.84 bits per heavy atom. The van der Waals surface area contributed by atoms with Gasteiger partial charge >= 0.3 is 5.97 Å². The number of nitrogens with zero attached hydrogens (tertiary/aromatic N) is 4. The van der Waals surface area contributed by atoms with Crippen LogP contribution in [-0.4, -0.2) is 91.2 Å². The molecule has 3 fully saturated rings. The molecule has 6 rings (SSSR count). The maximum atomic E-state index is 14.0. The van der Waals surface area contributed by atoms with Gasteiger partial charge < -0.3 is 25.3 Å². The van der Waals surface area contributed by atoms with Gasteiger partial charge in [0.15, 0.2) is 0 Å². The maximum absolute atomic E-state index is 14.0. The van der Waals surface area contributed by atoms with Gasteiger partial charge in [-0.05, 0) is 42.5 Å². The van der Waals surface area contributed by atoms with Crippen molar-refractivity contribution in [1.29, 1.82) is 0 Å². The van der Waals surface area contributed by atoms with Gasteiger partial charge in [-0.3, -0.25) is 4.79 Å². The normalized spacial score (nSPS) is 22.3. The number of aliphatic hydroxyl groups excluding tert-OH is 1. The fourth-order valence-electron chi connectivity index (χ4n) is 6.62. The van der Waals surface area contributed by atoms with Gasteiger partial charge in [0.05, 0.1) is 24.9 Å². The van der Waals surface area contributed by atoms with Crippen molar-refractivity contribution in [3.63, 3.8) is 0 Å². The SMILES string of the molecule is O=C(O)c1sc(-c2ccccc2)cc1N1C(=O)CN(S(=O)(=O)c2ccc(N3CCN[C@H](CO)C3)nc2)C[C@H]1C1CCCCC1. The third kappa shape index (κ3) is 6.11. The summed E-state index contributed by atoms with van der Waals surface area (Å²) in [5.74, 6) is -0.882. The number of nitrogens with one attached hydrogen (secondary N) is 1. The van der Waals surface area contributed by atoms with Crippen molar-refractivity contribution < 1.29 is 28.2 Å². The van der Waals surface area contributed by atoms with Gasteiger partial charge in [0.2, 0.25) is 15.9 Å². The molecule has 234 valence electrons. The van der Waals surface area contributed by atoms with Crippen LogP contribution in [0.2, 0.25) is 0 Å². The van der Waals surface area contributed by atoms with E-state index in [-0.39, 0.29) is 34.9 Å². The molecule has 3 N–H and O–H groups in total. The van der Waals surface area contributed by atoms with E-state index in [4.69, 9.17) is 0 Å². The van der Waals surface area contributed by atoms with E-state index in [0.29, 0.717) is 31.1 Å². The quantitative estimate of drug-likeness (QED) is 0.338. The molecular formula is C31H37N5O6S2. The van der Waals surface area contributed by atoms with Crippen LogP contribution in [0.15, 0.2) is 59.6 Å². The minimum atomic E-state index is -4.06. The van der Waals surface area contributed by atoms with Crippen LogP contribution in [0, 0.1) is 5.92 Å². The van der Waals surface area contributed by atoms with E-state index in [1.54, 1.807) is 17.0 Å². The fraction of sp³-hybridized carbons (Fsp3) is 0.452. The molecule has 13 heteroatoms. The first-order valence-electron chi connectivity index (χ1n) is 15.1. The number of aromatic nitrogens is 1. The molecule has 2 aliphatic heterocycles. The minimum Gasteiger partial charge on any atom is -0.477 e. The van der Waals surface area contributed by atoms with Crippen molar-refractivity contribution in [3.8, 4) is 10.4 Å². The summed E-state index contributed by atoms with van der Waals surface area (Å²) in [6, 6.07) is 13.8. The van der Waals surface area contributed by atoms with Crippen LogP contribution < -0.4 is 15.1 Å². The van der Waals surface area contributed by atoms with Gasteiger partial charge in [-0.15, -0.1) is 11.3 Å². The van der Waals surface area contributed by atoms with Crippen molar-refractivity contribution in [3.05, 3.63) is 59.6 Å². The number of benzene rings is 1. The topological polar surface area (TPSA) is 143 Å². The number of piperazine rings is 2. The molecule has 2 aromatic heterocycles. The molecule has 1 saturated carbocycles. The highest BCUT2D eigenvalue weighted by atomic mass is 32.2. The summed E-state index contributed by atoms with van der Waals surface area (Å²) in [5.41, 5.74) is 1.19. The first-order chi connectivity index (χ1) is 21.3. The molecule has 1 aromatic carbocycles. The van der Waals surface area contributed by atoms with Crippen molar-refractivity contribution in [1.82, 2.24) is 14.6 Å². The largest absolute Gasteiger partial charge is 0.477 e. The number of carboxylic acid groups (broad SMARTS) is 1. The third-order valence-corrected chi connectivity index (χ3v) is 11.8. The lowest BCUT2D eigenvalue weighted by Gasteiger charge is -2.44. The monoisotopic (exact) mass is 639 g/mol. The summed E-state index contributed by atoms with van der Waals surface area (Å²) in [5, 5.41) is 22.9. The van der Waals surface area contributed by atoms with Gasteiger partial charge in [-0.1, -0.05) is 49.6 Å². The Balaban J connectivity index is 1.30. The molecule has 2 atom stereocenters. The van der Waals surface area contributed by atoms with Crippen LogP contribution in [-0.2, 0) is 14.8 Å². The average Bonchev–Trinajstić information content (AvgIpc) is 3.51. The van der Waals surface area contributed by atoms with E-state index in [9.17, 15) is 28.2 Å². The molecule has 11 nitrogen and oxygen atoms in total. The number of anilines is 2. The number of hydrogen-bond donors (Lipinski definition) is 3. The summed E-state index contributed by atoms with van der Waals surface area (Å²) in [6.07, 6.45) is 6.07. The zero-order chi connectivity index (χ0) is 30.8. The van der Waals surface area contributed by atoms with Gasteiger partial charge in [0.1, 0.15) is 15.6 Å². The van der Waals surface area contributed by atoms with Gasteiger partial charge in [-0.25, -0.2) is 18.2 Å². The smallest absolute Gasteiger partial charge is 0.348 e. The van der Waals surface area contributed by atoms with Crippen molar-refractivity contribution >= 4 is 44.7 Å². The second kappa shape index (κ2) is 12.9. The Bertz CT molecular complexity index is 1590. The molecule has 1 amide bonds. The van der Waals surface area contributed by atoms with E-state index in [1.165, 1.54) is 16.6 Å². The molecule has 44 heavy (non-hydrogen) atoms. The predicted octanol–water partition coefficient (Wildman–Crippen LogP) is 3.27. The van der Waals surface area contributed by atoms with Crippen molar-refractivity contribution in [2.75, 3.05) is 49.1 Å². The molecular weight excluding hydrogens is 603 g/mol. The number of carboxylic acids is 1. The summed E-state index contributed by atoms with van der Waals surface area (Å²) < 4.78 is 29.1. The molecule has 4 heterocycles. The molecule has 0 bridgehead atoms. The first kappa shape index (κ1) is 30.7. The Hall–Kier alpha value is -3.36. The van der Waals surface area contributed by atoms with E-state index < -0.39 is 34.5 Å². The third-order valence-electron chi connectivity index (χ3n) is 8.88. The number of hydrogen-bond acceptors (Lipinski definition) is 9. The summed E-state index contributed by atoms with van der Waals surface area (Å²) in [4.78, 5) is 35.2. The summed E-state index contributed by atoms with van der Waals surface area (Å²) in [6.45, 7) is 1.61. The number of carbonyl (C=O) groups is 2. The number of pyridine rings is 1. The average molecular weight is 640 g/mol. The standard InChI is InChI=1S/C31H37N5O6S2/c37-20-23-17-34(14-13-32-23)28-12-11-24(16-33-28)44(41,42)35-18-26(21-7-3-1-4-8-21)36(29(38)19-35)25-15-27(43-30(25)31(39)40)22-9-5-2-6-10-22/h2,5-6,9-12,15-16,21,23,26,32,37H,1,3-4,7-8,13-14,17-20H2,(H,39,40)/t23-,26-/m0/s1. The Morgan fingerprint density at radius 3 is 2.52 bits per heavy atom. The van der Waals surface area contributed by atoms with Crippen LogP contribution in [0.3, 0.4) is 0 Å². The molecule has 1 aliphatic carbocycles. The number of aromatic carboxylic acids is 1. The van der Waals surface area contributed by atoms with Crippen LogP contribution in [0.1, 0.15) is 41.8 Å². The molecule has 2 saturated heterocycles. The number of carbonyl (C=O) groups excluding carboxylic acids is 1. The zero-order valence-corrected chi connectivity index (χ0v) is 26.0. The van der Waals surface area contributed by atoms with Crippen LogP contribution in [0.25, 0.3) is 10.4 Å². The number of sulfonamides is 1. The van der Waals surface area contributed by atoms with E-state index in [1.807, 2.05) is 35.2 Å². The van der Waals surface area contributed by atoms with E-state index in [2.05, 4.69) is 10.3 Å². The van der Waals surface area contributed by atoms with Gasteiger partial charge in [0.25, 0.3) is 0 Å². The second-order valence-electron chi connectivity index (χ2n) is 11.7. The predicted molar refractivity (Wildman–Crippen MR) is 169 cm³/mol. The van der Waals surface area contributed by atoms with Crippen molar-refractivity contribution in [2.24, 2.45) is 5.92 Å². The maximum Gasteiger partial charge on any atom is 0.348 e. The van der Waals surface area contributed by atoms with E-state index in [0.717, 1.165) is 53.9 Å². The molecule has 3 aromatic rings. The lowest BCUT2D eigenvalue weighted by Crippen LogP contribution is -2.60. The first-order valence-corrected chi connectivity index (χ1v) is 17.3. The molecule has 3 aliphatic rings. The number of rotatable bonds is 8. The summed E-state index contributed by atoms with van der Waals surface area (Å²) >= 11 is 1.13. The number of thiophene rings is 1. The van der Waals surface area contributed by atoms with Crippen LogP contribution in [0.4, 0.5) is 11.5 Å². The molecule has 0 radical (unpaired) electrons.